The molecular formula is C100H115BrClN13O12. The third-order valence-electron chi connectivity index (χ3n) is 25.5. The first-order valence-electron chi connectivity index (χ1n) is 45.4. The number of halogens is 2. The minimum absolute atomic E-state index is 0.0172. The molecule has 4 unspecified atom stereocenters. The largest absolute Gasteiger partial charge is 0.466 e. The SMILES string of the molecule is CCOC(=O)CC(NC(=O)c1noc2c1CCCC2)c1ccccc1Br.CN1CCC(N(Cc2ccccc2Cl)C(=O)c2noc3c2CCCC3)CC1.CN1CCN(CC(NC(=O)c2noc3c2CCCC3)c2ccccc2)CC1.O=C(NC(Cc1ccccc1)c1ccccc1)c1noc2c1CCCC2.O=C(NC1CCc2ccccc21)c1noc2c1CCCC2. The predicted octanol–water partition coefficient (Wildman–Crippen LogP) is 17.2. The zero-order valence-corrected chi connectivity index (χ0v) is 75.2. The first kappa shape index (κ1) is 90.6. The number of carbonyl (C=O) groups is 6. The van der Waals surface area contributed by atoms with Gasteiger partial charge in [-0.2, -0.15) is 0 Å². The number of nitrogens with one attached hydrogen (secondary N) is 4. The van der Waals surface area contributed by atoms with E-state index in [1.807, 2.05) is 126 Å². The Kier molecular flexibility index (Phi) is 31.8. The van der Waals surface area contributed by atoms with Crippen molar-refractivity contribution in [2.45, 2.75) is 211 Å². The van der Waals surface area contributed by atoms with Crippen LogP contribution in [0.15, 0.2) is 191 Å². The van der Waals surface area contributed by atoms with Gasteiger partial charge in [0.1, 0.15) is 28.8 Å². The lowest BCUT2D eigenvalue weighted by Crippen LogP contribution is -2.48. The lowest BCUT2D eigenvalue weighted by Gasteiger charge is -2.37. The summed E-state index contributed by atoms with van der Waals surface area (Å²) < 4.78 is 32.9. The molecule has 19 rings (SSSR count). The van der Waals surface area contributed by atoms with Crippen LogP contribution in [0.25, 0.3) is 0 Å². The average Bonchev–Trinajstić information content (AvgIpc) is 1.68. The molecule has 4 atom stereocenters. The Hall–Kier alpha value is -11.2. The smallest absolute Gasteiger partial charge is 0.308 e. The second-order valence-corrected chi connectivity index (χ2v) is 35.5. The molecule has 2 aliphatic heterocycles. The van der Waals surface area contributed by atoms with Crippen molar-refractivity contribution in [3.63, 3.8) is 0 Å². The van der Waals surface area contributed by atoms with Crippen LogP contribution >= 0.6 is 27.5 Å². The number of ether oxygens (including phenoxy) is 1. The summed E-state index contributed by atoms with van der Waals surface area (Å²) in [6.07, 6.45) is 24.3. The van der Waals surface area contributed by atoms with Gasteiger partial charge in [-0.05, 0) is 214 Å². The van der Waals surface area contributed by atoms with Gasteiger partial charge >= 0.3 is 5.97 Å². The zero-order chi connectivity index (χ0) is 88.0. The minimum atomic E-state index is -0.520. The fourth-order valence-electron chi connectivity index (χ4n) is 18.4. The van der Waals surface area contributed by atoms with Crippen molar-refractivity contribution >= 4 is 63.0 Å². The van der Waals surface area contributed by atoms with Crippen molar-refractivity contribution in [3.05, 3.63) is 297 Å². The molecule has 0 radical (unpaired) electrons. The zero-order valence-electron chi connectivity index (χ0n) is 72.9. The van der Waals surface area contributed by atoms with Crippen molar-refractivity contribution in [1.82, 2.24) is 66.7 Å². The van der Waals surface area contributed by atoms with E-state index in [9.17, 15) is 28.8 Å². The van der Waals surface area contributed by atoms with E-state index in [-0.39, 0.29) is 66.1 Å². The maximum Gasteiger partial charge on any atom is 0.308 e. The quantitative estimate of drug-likeness (QED) is 0.0458. The standard InChI is InChI=1S/C22H22N2O2.C21H26ClN3O2.C21H28N4O2.C19H21BrN2O4.C17H18N2O2/c25-22(21-18-13-7-8-14-20(18)26-24-21)23-19(17-11-5-2-6-12-17)15-16-9-3-1-4-10-16;1-24-12-10-16(11-13-24)25(14-15-6-2-4-8-18(15)22)21(26)20-17-7-3-5-9-19(17)27-23-20;1-24-11-13-25(14-12-24)15-18(16-7-3-2-4-8-16)22-21(26)20-17-9-5-6-10-19(17)27-23-20;1-2-25-17(23)11-15(12-7-3-5-9-14(12)20)21-19(24)18-13-8-4-6-10-16(13)26-22-18;20-17(16-13-7-3-4-8-15(13)21-19-16)18-14-10-9-11-5-1-2-6-12(11)14/h1-6,9-12,19H,7-8,13-15H2,(H,23,25);2,4,6,8,16H,3,5,7,9-14H2,1H3;2-4,7-8,18H,5-6,9-15H2,1H3,(H,22,26);3,5,7,9,15H,2,4,6,8,10-11H2,1H3,(H,21,24);1-2,5-6,14H,3-4,7-10H2,(H,18,20). The number of aromatic nitrogens is 5. The second-order valence-electron chi connectivity index (χ2n) is 34.2. The van der Waals surface area contributed by atoms with E-state index in [1.165, 1.54) is 16.7 Å². The summed E-state index contributed by atoms with van der Waals surface area (Å²) in [5.41, 5.74) is 14.9. The molecule has 7 heterocycles. The normalized spacial score (nSPS) is 17.2. The molecule has 666 valence electrons. The van der Waals surface area contributed by atoms with Crippen LogP contribution in [-0.2, 0) is 93.1 Å². The molecule has 25 nitrogen and oxygen atoms in total. The molecule has 5 aromatic heterocycles. The first-order valence-corrected chi connectivity index (χ1v) is 46.6. The van der Waals surface area contributed by atoms with Crippen molar-refractivity contribution < 1.29 is 56.1 Å². The van der Waals surface area contributed by atoms with Gasteiger partial charge in [0.2, 0.25) is 0 Å². The highest BCUT2D eigenvalue weighted by molar-refractivity contribution is 9.10. The number of fused-ring (bicyclic) bond motifs is 6. The number of aryl methyl sites for hydroxylation is 6. The average molecular weight is 1810 g/mol. The van der Waals surface area contributed by atoms with E-state index in [0.717, 1.165) is 290 Å². The first-order chi connectivity index (χ1) is 62.1. The summed E-state index contributed by atoms with van der Waals surface area (Å²) >= 11 is 9.88. The van der Waals surface area contributed by atoms with Crippen LogP contribution in [0.3, 0.4) is 0 Å². The van der Waals surface area contributed by atoms with Crippen LogP contribution in [-0.4, -0.2) is 153 Å². The fourth-order valence-corrected chi connectivity index (χ4v) is 19.2. The lowest BCUT2D eigenvalue weighted by atomic mass is 9.95. The number of carbonyl (C=O) groups excluding carboxylic acids is 6. The number of benzene rings is 6. The fraction of sp³-hybridized carbons (Fsp3) is 0.430. The Morgan fingerprint density at radius 2 is 0.874 bits per heavy atom. The van der Waals surface area contributed by atoms with E-state index < -0.39 is 6.04 Å². The maximum atomic E-state index is 13.5. The molecule has 127 heavy (non-hydrogen) atoms. The Bertz CT molecular complexity index is 5500. The summed E-state index contributed by atoms with van der Waals surface area (Å²) in [6, 6.07) is 53.7. The molecule has 0 saturated carbocycles. The van der Waals surface area contributed by atoms with Gasteiger partial charge in [-0.3, -0.25) is 33.7 Å². The Morgan fingerprint density at radius 1 is 0.457 bits per heavy atom. The lowest BCUT2D eigenvalue weighted by molar-refractivity contribution is -0.143. The number of likely N-dealkylation sites (tertiary alicyclic amines) is 1. The minimum Gasteiger partial charge on any atom is -0.466 e. The molecule has 5 amide bonds. The van der Waals surface area contributed by atoms with E-state index >= 15 is 0 Å². The number of hydrogen-bond acceptors (Lipinski definition) is 20. The number of rotatable bonds is 22. The van der Waals surface area contributed by atoms with E-state index in [0.29, 0.717) is 46.6 Å². The van der Waals surface area contributed by atoms with Crippen LogP contribution in [0.5, 0.6) is 0 Å². The summed E-state index contributed by atoms with van der Waals surface area (Å²) in [4.78, 5) is 85.8. The van der Waals surface area contributed by atoms with Crippen molar-refractivity contribution in [2.24, 2.45) is 0 Å². The number of nitrogens with zero attached hydrogens (tertiary/aromatic N) is 9. The summed E-state index contributed by atoms with van der Waals surface area (Å²) in [7, 11) is 4.28. The van der Waals surface area contributed by atoms with Gasteiger partial charge in [0, 0.05) is 115 Å². The maximum absolute atomic E-state index is 13.5. The van der Waals surface area contributed by atoms with Gasteiger partial charge < -0.3 is 63.3 Å². The Labute approximate surface area is 755 Å². The highest BCUT2D eigenvalue weighted by atomic mass is 79.9. The third-order valence-corrected chi connectivity index (χ3v) is 26.6. The third kappa shape index (κ3) is 23.4. The van der Waals surface area contributed by atoms with E-state index in [2.05, 4.69) is 134 Å². The van der Waals surface area contributed by atoms with E-state index in [4.69, 9.17) is 39.0 Å². The van der Waals surface area contributed by atoms with Crippen LogP contribution in [0.2, 0.25) is 5.02 Å². The Balaban J connectivity index is 0.000000123. The highest BCUT2D eigenvalue weighted by Crippen LogP contribution is 2.36. The van der Waals surface area contributed by atoms with Crippen molar-refractivity contribution in [1.29, 1.82) is 0 Å². The summed E-state index contributed by atoms with van der Waals surface area (Å²) in [5.74, 6) is 3.28. The second kappa shape index (κ2) is 44.5. The van der Waals surface area contributed by atoms with Crippen LogP contribution in [0.4, 0.5) is 0 Å². The summed E-state index contributed by atoms with van der Waals surface area (Å²) in [6.45, 7) is 9.53. The molecule has 0 bridgehead atoms. The number of amides is 5. The van der Waals surface area contributed by atoms with Crippen molar-refractivity contribution in [3.8, 4) is 0 Å². The number of likely N-dealkylation sites (N-methyl/N-ethyl adjacent to an activating group) is 1. The highest BCUT2D eigenvalue weighted by Gasteiger charge is 2.37. The molecule has 2 saturated heterocycles. The number of hydrogen-bond donors (Lipinski definition) is 4. The molecule has 8 aliphatic rings. The molecule has 2 fully saturated rings. The van der Waals surface area contributed by atoms with Gasteiger partial charge in [0.05, 0.1) is 37.2 Å². The van der Waals surface area contributed by atoms with Gasteiger partial charge in [-0.1, -0.05) is 205 Å². The van der Waals surface area contributed by atoms with Crippen LogP contribution in [0, 0.1) is 0 Å². The molecule has 27 heteroatoms. The summed E-state index contributed by atoms with van der Waals surface area (Å²) in [5, 5.41) is 33.5. The van der Waals surface area contributed by atoms with Crippen LogP contribution < -0.4 is 21.3 Å². The molecule has 11 aromatic rings. The van der Waals surface area contributed by atoms with Crippen molar-refractivity contribution in [2.75, 3.05) is 66.5 Å². The van der Waals surface area contributed by atoms with Gasteiger partial charge in [-0.25, -0.2) is 0 Å². The molecular weight excluding hydrogens is 1690 g/mol. The van der Waals surface area contributed by atoms with E-state index in [1.54, 1.807) is 6.92 Å². The Morgan fingerprint density at radius 3 is 1.39 bits per heavy atom. The van der Waals surface area contributed by atoms with Gasteiger partial charge in [-0.15, -0.1) is 0 Å². The number of piperidine rings is 1. The topological polar surface area (TPSA) is 303 Å². The molecule has 6 aliphatic carbocycles. The monoisotopic (exact) mass is 1800 g/mol. The van der Waals surface area contributed by atoms with Gasteiger partial charge in [0.25, 0.3) is 29.5 Å². The molecule has 6 aromatic carbocycles. The number of esters is 1. The number of piperazine rings is 1. The van der Waals surface area contributed by atoms with Crippen LogP contribution in [0.1, 0.15) is 269 Å². The van der Waals surface area contributed by atoms with Gasteiger partial charge in [0.15, 0.2) is 28.5 Å². The predicted molar refractivity (Wildman–Crippen MR) is 486 cm³/mol. The molecule has 4 N–H and O–H groups in total. The molecule has 0 spiro atoms.